The molecule has 0 spiro atoms. The van der Waals surface area contributed by atoms with Crippen LogP contribution in [0, 0.1) is 0 Å². The average molecular weight is 422 g/mol. The van der Waals surface area contributed by atoms with Crippen molar-refractivity contribution in [3.8, 4) is 5.75 Å². The van der Waals surface area contributed by atoms with Gasteiger partial charge < -0.3 is 15.4 Å². The number of aromatic nitrogens is 1. The molecule has 0 aliphatic rings. The first kappa shape index (κ1) is 21.4. The van der Waals surface area contributed by atoms with Crippen molar-refractivity contribution in [2.75, 3.05) is 17.7 Å². The van der Waals surface area contributed by atoms with Gasteiger partial charge in [-0.2, -0.15) is 0 Å². The molecule has 6 nitrogen and oxygen atoms in total. The normalized spacial score (nSPS) is 11.4. The molecule has 0 fully saturated rings. The van der Waals surface area contributed by atoms with Gasteiger partial charge in [0.1, 0.15) is 11.6 Å². The number of rotatable bonds is 8. The van der Waals surface area contributed by atoms with Crippen LogP contribution >= 0.6 is 11.8 Å². The fraction of sp³-hybridized carbons (Fsp3) is 0.174. The van der Waals surface area contributed by atoms with Crippen LogP contribution in [0.5, 0.6) is 5.75 Å². The summed E-state index contributed by atoms with van der Waals surface area (Å²) in [6.45, 7) is 1.96. The first-order valence-electron chi connectivity index (χ1n) is 9.53. The van der Waals surface area contributed by atoms with Crippen molar-refractivity contribution in [2.24, 2.45) is 0 Å². The summed E-state index contributed by atoms with van der Waals surface area (Å²) >= 11 is 1.45. The fourth-order valence-corrected chi connectivity index (χ4v) is 3.74. The molecule has 154 valence electrons. The van der Waals surface area contributed by atoms with E-state index in [1.807, 2.05) is 37.3 Å². The molecule has 0 radical (unpaired) electrons. The molecule has 2 aromatic carbocycles. The maximum Gasteiger partial charge on any atom is 0.255 e. The Morgan fingerprint density at radius 3 is 2.50 bits per heavy atom. The lowest BCUT2D eigenvalue weighted by Gasteiger charge is -2.15. The maximum absolute atomic E-state index is 12.6. The van der Waals surface area contributed by atoms with Crippen molar-refractivity contribution in [1.29, 1.82) is 0 Å². The van der Waals surface area contributed by atoms with Crippen molar-refractivity contribution in [3.63, 3.8) is 0 Å². The molecule has 0 aliphatic carbocycles. The summed E-state index contributed by atoms with van der Waals surface area (Å²) in [5.41, 5.74) is 1.20. The Morgan fingerprint density at radius 1 is 1.03 bits per heavy atom. The summed E-state index contributed by atoms with van der Waals surface area (Å²) in [6.07, 6.45) is 2.30. The molecule has 30 heavy (non-hydrogen) atoms. The fourth-order valence-electron chi connectivity index (χ4n) is 2.72. The van der Waals surface area contributed by atoms with Crippen LogP contribution < -0.4 is 15.4 Å². The van der Waals surface area contributed by atoms with Gasteiger partial charge in [-0.25, -0.2) is 4.98 Å². The minimum atomic E-state index is -0.278. The maximum atomic E-state index is 12.6. The standard InChI is InChI=1S/C23H23N3O3S/c1-3-20(23(28)26-21-9-4-5-14-24-21)30-19-8-6-7-17(15-19)25-22(27)16-10-12-18(29-2)13-11-16/h4-15,20H,3H2,1-2H3,(H,25,27)(H,24,26,28). The van der Waals surface area contributed by atoms with E-state index in [0.29, 0.717) is 29.2 Å². The van der Waals surface area contributed by atoms with Crippen molar-refractivity contribution in [2.45, 2.75) is 23.5 Å². The number of amides is 2. The first-order chi connectivity index (χ1) is 14.6. The molecule has 0 aliphatic heterocycles. The molecule has 2 amide bonds. The highest BCUT2D eigenvalue weighted by atomic mass is 32.2. The van der Waals surface area contributed by atoms with Crippen LogP contribution in [-0.2, 0) is 4.79 Å². The van der Waals surface area contributed by atoms with E-state index in [-0.39, 0.29) is 17.1 Å². The molecule has 1 unspecified atom stereocenters. The third kappa shape index (κ3) is 5.84. The van der Waals surface area contributed by atoms with Gasteiger partial charge in [0, 0.05) is 22.3 Å². The highest BCUT2D eigenvalue weighted by Crippen LogP contribution is 2.28. The van der Waals surface area contributed by atoms with Crippen molar-refractivity contribution < 1.29 is 14.3 Å². The van der Waals surface area contributed by atoms with E-state index in [4.69, 9.17) is 4.74 Å². The highest BCUT2D eigenvalue weighted by molar-refractivity contribution is 8.00. The topological polar surface area (TPSA) is 80.3 Å². The Hall–Kier alpha value is -3.32. The molecule has 3 rings (SSSR count). The van der Waals surface area contributed by atoms with E-state index >= 15 is 0 Å². The SMILES string of the molecule is CCC(Sc1cccc(NC(=O)c2ccc(OC)cc2)c1)C(=O)Nc1ccccn1. The molecule has 7 heteroatoms. The van der Waals surface area contributed by atoms with Crippen LogP contribution in [0.15, 0.2) is 77.8 Å². The zero-order valence-electron chi connectivity index (χ0n) is 16.8. The zero-order chi connectivity index (χ0) is 21.3. The summed E-state index contributed by atoms with van der Waals surface area (Å²) in [7, 11) is 1.58. The first-order valence-corrected chi connectivity index (χ1v) is 10.4. The third-order valence-corrected chi connectivity index (χ3v) is 5.66. The van der Waals surface area contributed by atoms with E-state index in [1.54, 1.807) is 49.7 Å². The van der Waals surface area contributed by atoms with Gasteiger partial charge >= 0.3 is 0 Å². The summed E-state index contributed by atoms with van der Waals surface area (Å²) in [6, 6.07) is 19.7. The van der Waals surface area contributed by atoms with Crippen molar-refractivity contribution in [1.82, 2.24) is 4.98 Å². The third-order valence-electron chi connectivity index (χ3n) is 4.30. The smallest absolute Gasteiger partial charge is 0.255 e. The number of hydrogen-bond acceptors (Lipinski definition) is 5. The van der Waals surface area contributed by atoms with Gasteiger partial charge in [0.25, 0.3) is 5.91 Å². The van der Waals surface area contributed by atoms with Gasteiger partial charge in [-0.05, 0) is 61.0 Å². The van der Waals surface area contributed by atoms with Gasteiger partial charge in [0.15, 0.2) is 0 Å². The van der Waals surface area contributed by atoms with E-state index in [9.17, 15) is 9.59 Å². The second kappa shape index (κ2) is 10.5. The Bertz CT molecular complexity index is 994. The van der Waals surface area contributed by atoms with Gasteiger partial charge in [-0.3, -0.25) is 9.59 Å². The number of nitrogens with zero attached hydrogens (tertiary/aromatic N) is 1. The van der Waals surface area contributed by atoms with Crippen LogP contribution in [0.4, 0.5) is 11.5 Å². The second-order valence-corrected chi connectivity index (χ2v) is 7.71. The van der Waals surface area contributed by atoms with E-state index in [0.717, 1.165) is 4.90 Å². The van der Waals surface area contributed by atoms with Crippen LogP contribution in [0.3, 0.4) is 0 Å². The largest absolute Gasteiger partial charge is 0.497 e. The molecule has 3 aromatic rings. The minimum Gasteiger partial charge on any atom is -0.497 e. The molecule has 1 aromatic heterocycles. The molecule has 1 atom stereocenters. The predicted octanol–water partition coefficient (Wildman–Crippen LogP) is 4.85. The Balaban J connectivity index is 1.64. The molecule has 0 saturated heterocycles. The Labute approximate surface area is 180 Å². The minimum absolute atomic E-state index is 0.103. The van der Waals surface area contributed by atoms with E-state index < -0.39 is 0 Å². The van der Waals surface area contributed by atoms with Crippen LogP contribution in [0.2, 0.25) is 0 Å². The molecule has 0 saturated carbocycles. The number of nitrogens with one attached hydrogen (secondary N) is 2. The van der Waals surface area contributed by atoms with E-state index in [2.05, 4.69) is 15.6 Å². The Kier molecular flexibility index (Phi) is 7.45. The second-order valence-electron chi connectivity index (χ2n) is 6.43. The average Bonchev–Trinajstić information content (AvgIpc) is 2.78. The number of thioether (sulfide) groups is 1. The number of pyridine rings is 1. The lowest BCUT2D eigenvalue weighted by atomic mass is 10.2. The number of carbonyl (C=O) groups excluding carboxylic acids is 2. The summed E-state index contributed by atoms with van der Waals surface area (Å²) in [5, 5.41) is 5.45. The lowest BCUT2D eigenvalue weighted by Crippen LogP contribution is -2.25. The van der Waals surface area contributed by atoms with Gasteiger partial charge in [0.2, 0.25) is 5.91 Å². The van der Waals surface area contributed by atoms with Crippen molar-refractivity contribution >= 4 is 35.1 Å². The summed E-state index contributed by atoms with van der Waals surface area (Å²) in [4.78, 5) is 30.1. The Morgan fingerprint density at radius 2 is 1.83 bits per heavy atom. The van der Waals surface area contributed by atoms with Gasteiger partial charge in [0.05, 0.1) is 12.4 Å². The van der Waals surface area contributed by atoms with Gasteiger partial charge in [-0.1, -0.05) is 19.1 Å². The lowest BCUT2D eigenvalue weighted by molar-refractivity contribution is -0.115. The number of hydrogen-bond donors (Lipinski definition) is 2. The molecule has 0 bridgehead atoms. The molecular formula is C23H23N3O3S. The van der Waals surface area contributed by atoms with Crippen LogP contribution in [0.1, 0.15) is 23.7 Å². The summed E-state index contributed by atoms with van der Waals surface area (Å²) < 4.78 is 5.12. The number of methoxy groups -OCH3 is 1. The van der Waals surface area contributed by atoms with E-state index in [1.165, 1.54) is 11.8 Å². The van der Waals surface area contributed by atoms with Crippen molar-refractivity contribution in [3.05, 3.63) is 78.5 Å². The monoisotopic (exact) mass is 421 g/mol. The number of carbonyl (C=O) groups is 2. The molecule has 1 heterocycles. The number of anilines is 2. The van der Waals surface area contributed by atoms with Crippen LogP contribution in [-0.4, -0.2) is 29.2 Å². The zero-order valence-corrected chi connectivity index (χ0v) is 17.6. The molecule has 2 N–H and O–H groups in total. The predicted molar refractivity (Wildman–Crippen MR) is 120 cm³/mol. The van der Waals surface area contributed by atoms with Crippen LogP contribution in [0.25, 0.3) is 0 Å². The summed E-state index contributed by atoms with van der Waals surface area (Å²) in [5.74, 6) is 0.912. The quantitative estimate of drug-likeness (QED) is 0.508. The molecular weight excluding hydrogens is 398 g/mol. The number of benzene rings is 2. The number of ether oxygens (including phenoxy) is 1. The van der Waals surface area contributed by atoms with Gasteiger partial charge in [-0.15, -0.1) is 11.8 Å². The highest BCUT2D eigenvalue weighted by Gasteiger charge is 2.18.